The second-order valence-corrected chi connectivity index (χ2v) is 5.02. The van der Waals surface area contributed by atoms with Crippen LogP contribution in [0.15, 0.2) is 24.3 Å². The van der Waals surface area contributed by atoms with Gasteiger partial charge < -0.3 is 15.4 Å². The molecule has 8 heteroatoms. The zero-order chi connectivity index (χ0) is 15.3. The summed E-state index contributed by atoms with van der Waals surface area (Å²) in [5, 5.41) is 5.91. The van der Waals surface area contributed by atoms with E-state index < -0.39 is 6.36 Å². The van der Waals surface area contributed by atoms with Crippen molar-refractivity contribution < 1.29 is 22.7 Å². The lowest BCUT2D eigenvalue weighted by atomic mass is 9.94. The van der Waals surface area contributed by atoms with Crippen LogP contribution in [0, 0.1) is 5.92 Å². The highest BCUT2D eigenvalue weighted by atomic mass is 35.5. The number of alkyl halides is 3. The van der Waals surface area contributed by atoms with E-state index in [2.05, 4.69) is 15.4 Å². The Balaban J connectivity index is 0.00000242. The molecule has 1 saturated heterocycles. The van der Waals surface area contributed by atoms with Crippen LogP contribution in [0.3, 0.4) is 0 Å². The molecule has 0 bridgehead atoms. The summed E-state index contributed by atoms with van der Waals surface area (Å²) in [6.45, 7) is 1.84. The van der Waals surface area contributed by atoms with Crippen molar-refractivity contribution in [2.75, 3.05) is 18.4 Å². The number of hydrogen-bond donors (Lipinski definition) is 2. The molecule has 1 aliphatic rings. The minimum absolute atomic E-state index is 0. The summed E-state index contributed by atoms with van der Waals surface area (Å²) in [5.41, 5.74) is 0.462. The van der Waals surface area contributed by atoms with Crippen LogP contribution in [0.4, 0.5) is 18.9 Å². The first-order valence-corrected chi connectivity index (χ1v) is 6.79. The second kappa shape index (κ2) is 8.24. The van der Waals surface area contributed by atoms with Crippen molar-refractivity contribution in [2.45, 2.75) is 25.6 Å². The third kappa shape index (κ3) is 6.53. The molecule has 0 unspecified atom stereocenters. The molecule has 0 aromatic heterocycles. The maximum atomic E-state index is 12.0. The summed E-state index contributed by atoms with van der Waals surface area (Å²) in [6.07, 6.45) is -2.35. The summed E-state index contributed by atoms with van der Waals surface area (Å²) >= 11 is 0. The first-order valence-electron chi connectivity index (χ1n) is 6.79. The van der Waals surface area contributed by atoms with Gasteiger partial charge in [-0.05, 0) is 56.1 Å². The molecule has 124 valence electrons. The highest BCUT2D eigenvalue weighted by molar-refractivity contribution is 5.90. The Bertz CT molecular complexity index is 474. The van der Waals surface area contributed by atoms with Gasteiger partial charge >= 0.3 is 6.36 Å². The molecule has 1 aromatic carbocycles. The summed E-state index contributed by atoms with van der Waals surface area (Å²) in [4.78, 5) is 11.9. The van der Waals surface area contributed by atoms with Crippen molar-refractivity contribution >= 4 is 24.0 Å². The molecule has 2 N–H and O–H groups in total. The first kappa shape index (κ1) is 18.6. The van der Waals surface area contributed by atoms with Gasteiger partial charge in [-0.3, -0.25) is 4.79 Å². The Labute approximate surface area is 132 Å². The maximum Gasteiger partial charge on any atom is 0.573 e. The Morgan fingerprint density at radius 2 is 1.82 bits per heavy atom. The van der Waals surface area contributed by atoms with Crippen molar-refractivity contribution in [1.82, 2.24) is 5.32 Å². The van der Waals surface area contributed by atoms with E-state index in [9.17, 15) is 18.0 Å². The van der Waals surface area contributed by atoms with E-state index in [1.54, 1.807) is 0 Å². The largest absolute Gasteiger partial charge is 0.573 e. The van der Waals surface area contributed by atoms with E-state index in [-0.39, 0.29) is 24.1 Å². The molecule has 1 aliphatic heterocycles. The lowest BCUT2D eigenvalue weighted by Crippen LogP contribution is -2.30. The monoisotopic (exact) mass is 338 g/mol. The third-order valence-electron chi connectivity index (χ3n) is 3.30. The molecule has 0 saturated carbocycles. The van der Waals surface area contributed by atoms with E-state index in [0.717, 1.165) is 25.9 Å². The molecule has 2 rings (SSSR count). The third-order valence-corrected chi connectivity index (χ3v) is 3.30. The second-order valence-electron chi connectivity index (χ2n) is 5.02. The molecule has 4 nitrogen and oxygen atoms in total. The van der Waals surface area contributed by atoms with Gasteiger partial charge in [0, 0.05) is 12.1 Å². The van der Waals surface area contributed by atoms with Gasteiger partial charge in [0.2, 0.25) is 5.91 Å². The molecule has 22 heavy (non-hydrogen) atoms. The number of piperidine rings is 1. The van der Waals surface area contributed by atoms with E-state index >= 15 is 0 Å². The number of carbonyl (C=O) groups excluding carboxylic acids is 1. The van der Waals surface area contributed by atoms with Gasteiger partial charge in [0.25, 0.3) is 0 Å². The summed E-state index contributed by atoms with van der Waals surface area (Å²) < 4.78 is 39.8. The first-order chi connectivity index (χ1) is 9.92. The Morgan fingerprint density at radius 1 is 1.23 bits per heavy atom. The van der Waals surface area contributed by atoms with Gasteiger partial charge in [-0.2, -0.15) is 0 Å². The number of anilines is 1. The Hall–Kier alpha value is -1.47. The Kier molecular flexibility index (Phi) is 6.96. The standard InChI is InChI=1S/C14H17F3N2O2.ClH/c15-14(16,17)21-12-3-1-11(2-4-12)19-13(20)9-10-5-7-18-8-6-10;/h1-4,10,18H,5-9H2,(H,19,20);1H. The summed E-state index contributed by atoms with van der Waals surface area (Å²) in [5.74, 6) is -0.0654. The van der Waals surface area contributed by atoms with Crippen LogP contribution < -0.4 is 15.4 Å². The topological polar surface area (TPSA) is 50.4 Å². The fourth-order valence-corrected chi connectivity index (χ4v) is 2.30. The predicted molar refractivity (Wildman–Crippen MR) is 79.2 cm³/mol. The molecular weight excluding hydrogens is 321 g/mol. The van der Waals surface area contributed by atoms with E-state index in [4.69, 9.17) is 0 Å². The van der Waals surface area contributed by atoms with Crippen molar-refractivity contribution in [2.24, 2.45) is 5.92 Å². The number of carbonyl (C=O) groups is 1. The van der Waals surface area contributed by atoms with Crippen LogP contribution in [0.25, 0.3) is 0 Å². The van der Waals surface area contributed by atoms with Crippen molar-refractivity contribution in [1.29, 1.82) is 0 Å². The number of benzene rings is 1. The van der Waals surface area contributed by atoms with Gasteiger partial charge in [0.05, 0.1) is 0 Å². The van der Waals surface area contributed by atoms with Crippen LogP contribution >= 0.6 is 12.4 Å². The van der Waals surface area contributed by atoms with Crippen molar-refractivity contribution in [3.05, 3.63) is 24.3 Å². The average molecular weight is 339 g/mol. The van der Waals surface area contributed by atoms with Crippen molar-refractivity contribution in [3.63, 3.8) is 0 Å². The van der Waals surface area contributed by atoms with Crippen LogP contribution in [-0.2, 0) is 4.79 Å². The lowest BCUT2D eigenvalue weighted by molar-refractivity contribution is -0.274. The van der Waals surface area contributed by atoms with Gasteiger partial charge in [0.15, 0.2) is 0 Å². The van der Waals surface area contributed by atoms with Gasteiger partial charge in [-0.15, -0.1) is 25.6 Å². The smallest absolute Gasteiger partial charge is 0.406 e. The van der Waals surface area contributed by atoms with E-state index in [1.165, 1.54) is 24.3 Å². The highest BCUT2D eigenvalue weighted by Gasteiger charge is 2.30. The zero-order valence-electron chi connectivity index (χ0n) is 11.8. The molecule has 0 spiro atoms. The minimum Gasteiger partial charge on any atom is -0.406 e. The molecule has 1 heterocycles. The van der Waals surface area contributed by atoms with Gasteiger partial charge in [-0.25, -0.2) is 0 Å². The molecule has 1 amide bonds. The van der Waals surface area contributed by atoms with Crippen LogP contribution in [0.5, 0.6) is 5.75 Å². The van der Waals surface area contributed by atoms with Gasteiger partial charge in [0.1, 0.15) is 5.75 Å². The number of amides is 1. The fourth-order valence-electron chi connectivity index (χ4n) is 2.30. The molecule has 1 fully saturated rings. The number of nitrogens with one attached hydrogen (secondary N) is 2. The van der Waals surface area contributed by atoms with Crippen LogP contribution in [0.2, 0.25) is 0 Å². The van der Waals surface area contributed by atoms with E-state index in [1.807, 2.05) is 0 Å². The lowest BCUT2D eigenvalue weighted by Gasteiger charge is -2.21. The molecular formula is C14H18ClF3N2O2. The molecule has 0 radical (unpaired) electrons. The SMILES string of the molecule is Cl.O=C(CC1CCNCC1)Nc1ccc(OC(F)(F)F)cc1. The number of hydrogen-bond acceptors (Lipinski definition) is 3. The fraction of sp³-hybridized carbons (Fsp3) is 0.500. The average Bonchev–Trinajstić information content (AvgIpc) is 2.40. The normalized spacial score (nSPS) is 15.8. The maximum absolute atomic E-state index is 12.0. The van der Waals surface area contributed by atoms with Crippen LogP contribution in [-0.4, -0.2) is 25.4 Å². The van der Waals surface area contributed by atoms with Crippen LogP contribution in [0.1, 0.15) is 19.3 Å². The minimum atomic E-state index is -4.71. The zero-order valence-corrected chi connectivity index (χ0v) is 12.6. The van der Waals surface area contributed by atoms with Crippen molar-refractivity contribution in [3.8, 4) is 5.75 Å². The van der Waals surface area contributed by atoms with E-state index in [0.29, 0.717) is 18.0 Å². The number of halogens is 4. The Morgan fingerprint density at radius 3 is 2.36 bits per heavy atom. The molecule has 0 aliphatic carbocycles. The summed E-state index contributed by atoms with van der Waals surface area (Å²) in [7, 11) is 0. The number of ether oxygens (including phenoxy) is 1. The molecule has 1 aromatic rings. The van der Waals surface area contributed by atoms with Gasteiger partial charge in [-0.1, -0.05) is 0 Å². The molecule has 0 atom stereocenters. The number of rotatable bonds is 4. The predicted octanol–water partition coefficient (Wildman–Crippen LogP) is 3.34. The highest BCUT2D eigenvalue weighted by Crippen LogP contribution is 2.24. The summed E-state index contributed by atoms with van der Waals surface area (Å²) in [6, 6.07) is 5.13. The quantitative estimate of drug-likeness (QED) is 0.885.